The summed E-state index contributed by atoms with van der Waals surface area (Å²) < 4.78 is 11.0. The molecule has 188 valence electrons. The maximum Gasteiger partial charge on any atom is 0.331 e. The van der Waals surface area contributed by atoms with E-state index in [-0.39, 0.29) is 18.7 Å². The van der Waals surface area contributed by atoms with E-state index < -0.39 is 29.7 Å². The first kappa shape index (κ1) is 24.9. The maximum atomic E-state index is 12.9. The summed E-state index contributed by atoms with van der Waals surface area (Å²) in [6.07, 6.45) is 0. The van der Waals surface area contributed by atoms with Crippen molar-refractivity contribution in [1.29, 1.82) is 0 Å². The van der Waals surface area contributed by atoms with Gasteiger partial charge in [0.25, 0.3) is 5.91 Å². The van der Waals surface area contributed by atoms with Crippen molar-refractivity contribution in [1.82, 2.24) is 15.5 Å². The number of ether oxygens (including phenoxy) is 2. The van der Waals surface area contributed by atoms with Crippen molar-refractivity contribution < 1.29 is 33.4 Å². The normalized spacial score (nSPS) is 12.8. The topological polar surface area (TPSA) is 157 Å². The Morgan fingerprint density at radius 2 is 1.54 bits per heavy atom. The molecule has 4 N–H and O–H groups in total. The van der Waals surface area contributed by atoms with Gasteiger partial charge in [0.2, 0.25) is 5.91 Å². The van der Waals surface area contributed by atoms with Gasteiger partial charge in [-0.3, -0.25) is 29.4 Å². The third-order valence-corrected chi connectivity index (χ3v) is 5.51. The predicted octanol–water partition coefficient (Wildman–Crippen LogP) is 2.09. The molecule has 1 aliphatic rings. The van der Waals surface area contributed by atoms with Crippen LogP contribution in [0.15, 0.2) is 66.7 Å². The molecule has 11 nitrogen and oxygen atoms in total. The summed E-state index contributed by atoms with van der Waals surface area (Å²) in [6.45, 7) is 0.0364. The van der Waals surface area contributed by atoms with E-state index in [4.69, 9.17) is 15.2 Å². The van der Waals surface area contributed by atoms with Crippen molar-refractivity contribution >= 4 is 29.7 Å². The number of benzene rings is 3. The fraction of sp³-hybridized carbons (Fsp3) is 0.115. The first-order valence-electron chi connectivity index (χ1n) is 11.0. The molecule has 0 atom stereocenters. The lowest BCUT2D eigenvalue weighted by molar-refractivity contribution is -0.140. The number of nitrogens with two attached hydrogens (primary N) is 1. The Balaban J connectivity index is 1.38. The molecule has 0 radical (unpaired) electrons. The van der Waals surface area contributed by atoms with E-state index in [9.17, 15) is 24.0 Å². The molecule has 1 heterocycles. The number of urea groups is 1. The number of hydrogen-bond donors (Lipinski definition) is 3. The minimum absolute atomic E-state index is 0.173. The lowest BCUT2D eigenvalue weighted by Gasteiger charge is -2.14. The van der Waals surface area contributed by atoms with Crippen molar-refractivity contribution in [2.45, 2.75) is 13.1 Å². The highest BCUT2D eigenvalue weighted by Crippen LogP contribution is 2.23. The Kier molecular flexibility index (Phi) is 7.14. The van der Waals surface area contributed by atoms with Crippen molar-refractivity contribution in [3.63, 3.8) is 0 Å². The highest BCUT2D eigenvalue weighted by Gasteiger charge is 2.36. The van der Waals surface area contributed by atoms with E-state index in [1.165, 1.54) is 13.2 Å². The zero-order valence-corrected chi connectivity index (χ0v) is 19.6. The number of nitrogens with zero attached hydrogens (tertiary/aromatic N) is 1. The summed E-state index contributed by atoms with van der Waals surface area (Å²) in [4.78, 5) is 59.9. The molecule has 1 saturated heterocycles. The van der Waals surface area contributed by atoms with Crippen LogP contribution in [0.4, 0.5) is 4.79 Å². The van der Waals surface area contributed by atoms with Crippen LogP contribution in [0.1, 0.15) is 31.8 Å². The number of carbonyl (C=O) groups excluding carboxylic acids is 5. The molecular formula is C26H22N4O7. The van der Waals surface area contributed by atoms with E-state index in [0.29, 0.717) is 28.4 Å². The molecule has 3 aromatic rings. The Bertz CT molecular complexity index is 1390. The van der Waals surface area contributed by atoms with E-state index in [2.05, 4.69) is 5.32 Å². The predicted molar refractivity (Wildman–Crippen MR) is 130 cm³/mol. The second-order valence-electron chi connectivity index (χ2n) is 8.00. The van der Waals surface area contributed by atoms with Gasteiger partial charge in [-0.2, -0.15) is 0 Å². The molecule has 0 aliphatic carbocycles. The van der Waals surface area contributed by atoms with Crippen LogP contribution >= 0.6 is 0 Å². The van der Waals surface area contributed by atoms with Crippen molar-refractivity contribution in [2.24, 2.45) is 5.73 Å². The van der Waals surface area contributed by atoms with Gasteiger partial charge in [-0.25, -0.2) is 4.79 Å². The number of nitrogens with one attached hydrogen (secondary N) is 2. The molecule has 11 heteroatoms. The van der Waals surface area contributed by atoms with Crippen molar-refractivity contribution in [2.75, 3.05) is 7.11 Å². The minimum atomic E-state index is -0.992. The van der Waals surface area contributed by atoms with Crippen LogP contribution in [0.2, 0.25) is 0 Å². The monoisotopic (exact) mass is 502 g/mol. The number of carbonyl (C=O) groups is 5. The maximum absolute atomic E-state index is 12.9. The molecule has 0 aromatic heterocycles. The molecular weight excluding hydrogens is 480 g/mol. The first-order valence-corrected chi connectivity index (χ1v) is 11.0. The number of amides is 6. The Hall–Kier alpha value is -5.19. The van der Waals surface area contributed by atoms with Gasteiger partial charge in [-0.1, -0.05) is 18.2 Å². The lowest BCUT2D eigenvalue weighted by atomic mass is 10.1. The van der Waals surface area contributed by atoms with Crippen molar-refractivity contribution in [3.8, 4) is 17.2 Å². The van der Waals surface area contributed by atoms with Gasteiger partial charge in [-0.15, -0.1) is 0 Å². The summed E-state index contributed by atoms with van der Waals surface area (Å²) in [7, 11) is 1.42. The van der Waals surface area contributed by atoms with Gasteiger partial charge in [0.15, 0.2) is 0 Å². The number of hydrogen-bond acceptors (Lipinski definition) is 7. The van der Waals surface area contributed by atoms with Crippen LogP contribution in [0.3, 0.4) is 0 Å². The largest absolute Gasteiger partial charge is 0.496 e. The second-order valence-corrected chi connectivity index (χ2v) is 8.00. The zero-order chi connectivity index (χ0) is 26.5. The van der Waals surface area contributed by atoms with Gasteiger partial charge in [0.1, 0.15) is 17.2 Å². The summed E-state index contributed by atoms with van der Waals surface area (Å²) >= 11 is 0. The fourth-order valence-electron chi connectivity index (χ4n) is 3.57. The number of imide groups is 2. The van der Waals surface area contributed by atoms with E-state index in [0.717, 1.165) is 10.5 Å². The Labute approximate surface area is 211 Å². The SMILES string of the molecule is COc1ccc(CN2C(=O)NC(=O)C2=O)cc1C(=O)NCc1ccc(Oc2ccc(C(N)=O)cc2)cc1. The Morgan fingerprint density at radius 3 is 2.11 bits per heavy atom. The summed E-state index contributed by atoms with van der Waals surface area (Å²) in [5.74, 6) is -1.49. The smallest absolute Gasteiger partial charge is 0.331 e. The third kappa shape index (κ3) is 5.73. The lowest BCUT2D eigenvalue weighted by Crippen LogP contribution is -2.30. The number of methoxy groups -OCH3 is 1. The molecule has 3 aromatic carbocycles. The summed E-state index contributed by atoms with van der Waals surface area (Å²) in [5.41, 5.74) is 7.09. The van der Waals surface area contributed by atoms with Crippen LogP contribution in [-0.4, -0.2) is 41.7 Å². The first-order chi connectivity index (χ1) is 17.7. The van der Waals surface area contributed by atoms with Crippen molar-refractivity contribution in [3.05, 3.63) is 89.0 Å². The standard InChI is InChI=1S/C26H22N4O7/c1-36-21-11-4-16(14-30-25(34)24(33)29-26(30)35)12-20(21)23(32)28-13-15-2-7-18(8-3-15)37-19-9-5-17(6-10-19)22(27)31/h2-12H,13-14H2,1H3,(H2,27,31)(H,28,32)(H,29,33,35). The molecule has 0 saturated carbocycles. The zero-order valence-electron chi connectivity index (χ0n) is 19.6. The van der Waals surface area contributed by atoms with Crippen LogP contribution in [0, 0.1) is 0 Å². The van der Waals surface area contributed by atoms with Crippen LogP contribution in [0.25, 0.3) is 0 Å². The van der Waals surface area contributed by atoms with E-state index in [1.54, 1.807) is 60.7 Å². The molecule has 37 heavy (non-hydrogen) atoms. The van der Waals surface area contributed by atoms with Crippen LogP contribution < -0.4 is 25.8 Å². The van der Waals surface area contributed by atoms with E-state index >= 15 is 0 Å². The molecule has 4 rings (SSSR count). The number of rotatable bonds is 9. The van der Waals surface area contributed by atoms with Gasteiger partial charge < -0.3 is 20.5 Å². The highest BCUT2D eigenvalue weighted by atomic mass is 16.5. The van der Waals surface area contributed by atoms with Gasteiger partial charge >= 0.3 is 17.8 Å². The highest BCUT2D eigenvalue weighted by molar-refractivity contribution is 6.44. The van der Waals surface area contributed by atoms with Gasteiger partial charge in [-0.05, 0) is 59.7 Å². The molecule has 0 unspecified atom stereocenters. The second kappa shape index (κ2) is 10.6. The minimum Gasteiger partial charge on any atom is -0.496 e. The van der Waals surface area contributed by atoms with Gasteiger partial charge in [0, 0.05) is 12.1 Å². The molecule has 6 amide bonds. The Morgan fingerprint density at radius 1 is 0.919 bits per heavy atom. The summed E-state index contributed by atoms with van der Waals surface area (Å²) in [6, 6.07) is 17.3. The van der Waals surface area contributed by atoms with Crippen LogP contribution in [0.5, 0.6) is 17.2 Å². The quantitative estimate of drug-likeness (QED) is 0.299. The molecule has 1 fully saturated rings. The van der Waals surface area contributed by atoms with Crippen LogP contribution in [-0.2, 0) is 22.7 Å². The molecule has 0 bridgehead atoms. The summed E-state index contributed by atoms with van der Waals surface area (Å²) in [5, 5.41) is 4.73. The fourth-order valence-corrected chi connectivity index (χ4v) is 3.57. The molecule has 0 spiro atoms. The van der Waals surface area contributed by atoms with Gasteiger partial charge in [0.05, 0.1) is 19.2 Å². The number of primary amides is 1. The van der Waals surface area contributed by atoms with E-state index in [1.807, 2.05) is 5.32 Å². The average Bonchev–Trinajstić information content (AvgIpc) is 3.14. The third-order valence-electron chi connectivity index (χ3n) is 5.51. The average molecular weight is 502 g/mol. The molecule has 1 aliphatic heterocycles.